The summed E-state index contributed by atoms with van der Waals surface area (Å²) >= 11 is 0. The summed E-state index contributed by atoms with van der Waals surface area (Å²) < 4.78 is 21.8. The van der Waals surface area contributed by atoms with E-state index in [1.54, 1.807) is 32.4 Å². The molecule has 1 aromatic rings. The lowest BCUT2D eigenvalue weighted by Gasteiger charge is -2.34. The maximum absolute atomic E-state index is 12.4. The fourth-order valence-corrected chi connectivity index (χ4v) is 2.49. The van der Waals surface area contributed by atoms with Gasteiger partial charge in [-0.2, -0.15) is 0 Å². The second-order valence-corrected chi connectivity index (χ2v) is 6.60. The van der Waals surface area contributed by atoms with Gasteiger partial charge in [0.05, 0.1) is 33.0 Å². The Morgan fingerprint density at radius 2 is 1.91 bits per heavy atom. The number of carbonyl (C=O) groups is 1. The number of ketones is 1. The smallest absolute Gasteiger partial charge is 0.166 e. The zero-order valence-electron chi connectivity index (χ0n) is 14.4. The lowest BCUT2D eigenvalue weighted by atomic mass is 9.95. The lowest BCUT2D eigenvalue weighted by molar-refractivity contribution is -0.223. The van der Waals surface area contributed by atoms with Crippen LogP contribution in [0.4, 0.5) is 0 Å². The van der Waals surface area contributed by atoms with Crippen molar-refractivity contribution in [3.63, 3.8) is 0 Å². The van der Waals surface area contributed by atoms with Crippen molar-refractivity contribution in [1.82, 2.24) is 0 Å². The van der Waals surface area contributed by atoms with Crippen LogP contribution in [0.5, 0.6) is 11.5 Å². The average molecular weight is 322 g/mol. The molecule has 0 saturated carbocycles. The molecule has 0 atom stereocenters. The summed E-state index contributed by atoms with van der Waals surface area (Å²) in [5.41, 5.74) is 0.655. The molecule has 0 radical (unpaired) electrons. The zero-order chi connectivity index (χ0) is 16.9. The Morgan fingerprint density at radius 3 is 2.52 bits per heavy atom. The van der Waals surface area contributed by atoms with E-state index in [1.807, 2.05) is 0 Å². The fourth-order valence-electron chi connectivity index (χ4n) is 2.49. The molecule has 1 aliphatic heterocycles. The van der Waals surface area contributed by atoms with E-state index in [9.17, 15) is 4.79 Å². The third-order valence-electron chi connectivity index (χ3n) is 3.87. The molecule has 0 N–H and O–H groups in total. The molecule has 1 aromatic carbocycles. The second-order valence-electron chi connectivity index (χ2n) is 6.60. The van der Waals surface area contributed by atoms with Gasteiger partial charge in [0.15, 0.2) is 12.1 Å². The molecule has 1 saturated heterocycles. The molecule has 5 heteroatoms. The van der Waals surface area contributed by atoms with Crippen LogP contribution in [0.1, 0.15) is 43.5 Å². The zero-order valence-corrected chi connectivity index (χ0v) is 14.4. The van der Waals surface area contributed by atoms with Gasteiger partial charge in [-0.3, -0.25) is 4.79 Å². The van der Waals surface area contributed by atoms with Crippen LogP contribution in [-0.2, 0) is 9.47 Å². The minimum atomic E-state index is -0.200. The van der Waals surface area contributed by atoms with Crippen molar-refractivity contribution in [1.29, 1.82) is 0 Å². The summed E-state index contributed by atoms with van der Waals surface area (Å²) in [6.07, 6.45) is 1.68. The molecule has 23 heavy (non-hydrogen) atoms. The van der Waals surface area contributed by atoms with Gasteiger partial charge in [0.25, 0.3) is 0 Å². The Bertz CT molecular complexity index is 528. The summed E-state index contributed by atoms with van der Waals surface area (Å²) in [6, 6.07) is 5.24. The van der Waals surface area contributed by atoms with Crippen molar-refractivity contribution < 1.29 is 23.7 Å². The number of carbonyl (C=O) groups excluding carboxylic acids is 1. The molecular formula is C18H26O5. The quantitative estimate of drug-likeness (QED) is 0.720. The molecular weight excluding hydrogens is 296 g/mol. The molecule has 0 aliphatic carbocycles. The van der Waals surface area contributed by atoms with E-state index in [1.165, 1.54) is 0 Å². The van der Waals surface area contributed by atoms with Gasteiger partial charge < -0.3 is 18.9 Å². The van der Waals surface area contributed by atoms with Crippen LogP contribution in [0.15, 0.2) is 18.2 Å². The summed E-state index contributed by atoms with van der Waals surface area (Å²) in [5.74, 6) is 1.27. The molecule has 5 nitrogen and oxygen atoms in total. The molecule has 1 aliphatic rings. The first-order chi connectivity index (χ1) is 10.9. The number of ether oxygens (including phenoxy) is 4. The SMILES string of the molecule is COc1ccc(C(=O)CCCC2OCC(C)(C)CO2)c(OC)c1. The van der Waals surface area contributed by atoms with E-state index in [-0.39, 0.29) is 17.5 Å². The van der Waals surface area contributed by atoms with E-state index < -0.39 is 0 Å². The highest BCUT2D eigenvalue weighted by molar-refractivity contribution is 5.98. The van der Waals surface area contributed by atoms with Crippen LogP contribution < -0.4 is 9.47 Å². The van der Waals surface area contributed by atoms with Gasteiger partial charge in [0, 0.05) is 17.9 Å². The highest BCUT2D eigenvalue weighted by Gasteiger charge is 2.28. The van der Waals surface area contributed by atoms with Crippen LogP contribution in [0, 0.1) is 5.41 Å². The van der Waals surface area contributed by atoms with E-state index in [4.69, 9.17) is 18.9 Å². The summed E-state index contributed by atoms with van der Waals surface area (Å²) in [7, 11) is 3.14. The standard InChI is InChI=1S/C18H26O5/c1-18(2)11-22-17(23-12-18)7-5-6-15(19)14-9-8-13(20-3)10-16(14)21-4/h8-10,17H,5-7,11-12H2,1-4H3. The van der Waals surface area contributed by atoms with Crippen LogP contribution in [-0.4, -0.2) is 39.5 Å². The summed E-state index contributed by atoms with van der Waals surface area (Å²) in [6.45, 7) is 5.61. The maximum Gasteiger partial charge on any atom is 0.166 e. The minimum absolute atomic E-state index is 0.0562. The van der Waals surface area contributed by atoms with Crippen molar-refractivity contribution in [3.8, 4) is 11.5 Å². The molecule has 0 amide bonds. The van der Waals surface area contributed by atoms with E-state index >= 15 is 0 Å². The van der Waals surface area contributed by atoms with Crippen molar-refractivity contribution in [2.24, 2.45) is 5.41 Å². The highest BCUT2D eigenvalue weighted by atomic mass is 16.7. The van der Waals surface area contributed by atoms with Crippen LogP contribution >= 0.6 is 0 Å². The number of Topliss-reactive ketones (excluding diaryl/α,β-unsaturated/α-hetero) is 1. The predicted molar refractivity (Wildman–Crippen MR) is 87.2 cm³/mol. The van der Waals surface area contributed by atoms with Gasteiger partial charge in [0.1, 0.15) is 11.5 Å². The van der Waals surface area contributed by atoms with Crippen molar-refractivity contribution >= 4 is 5.78 Å². The molecule has 0 spiro atoms. The third kappa shape index (κ3) is 4.94. The largest absolute Gasteiger partial charge is 0.497 e. The fraction of sp³-hybridized carbons (Fsp3) is 0.611. The Kier molecular flexibility index (Phi) is 6.02. The van der Waals surface area contributed by atoms with Gasteiger partial charge in [-0.15, -0.1) is 0 Å². The van der Waals surface area contributed by atoms with Gasteiger partial charge >= 0.3 is 0 Å². The van der Waals surface area contributed by atoms with Crippen molar-refractivity contribution in [3.05, 3.63) is 23.8 Å². The molecule has 2 rings (SSSR count). The number of rotatable bonds is 7. The number of benzene rings is 1. The molecule has 0 aromatic heterocycles. The predicted octanol–water partition coefficient (Wildman–Crippen LogP) is 3.46. The van der Waals surface area contributed by atoms with Crippen LogP contribution in [0.2, 0.25) is 0 Å². The summed E-state index contributed by atoms with van der Waals surface area (Å²) in [5, 5.41) is 0. The first kappa shape index (κ1) is 17.8. The Hall–Kier alpha value is -1.59. The van der Waals surface area contributed by atoms with Crippen LogP contribution in [0.3, 0.4) is 0 Å². The number of methoxy groups -OCH3 is 2. The number of hydrogen-bond donors (Lipinski definition) is 0. The van der Waals surface area contributed by atoms with Crippen LogP contribution in [0.25, 0.3) is 0 Å². The first-order valence-corrected chi connectivity index (χ1v) is 7.93. The average Bonchev–Trinajstić information content (AvgIpc) is 2.55. The maximum atomic E-state index is 12.4. The van der Waals surface area contributed by atoms with E-state index in [0.29, 0.717) is 36.7 Å². The lowest BCUT2D eigenvalue weighted by Crippen LogP contribution is -2.37. The molecule has 0 unspecified atom stereocenters. The molecule has 1 heterocycles. The Balaban J connectivity index is 1.83. The topological polar surface area (TPSA) is 54.0 Å². The summed E-state index contributed by atoms with van der Waals surface area (Å²) in [4.78, 5) is 12.4. The van der Waals surface area contributed by atoms with Gasteiger partial charge in [-0.25, -0.2) is 0 Å². The molecule has 0 bridgehead atoms. The third-order valence-corrected chi connectivity index (χ3v) is 3.87. The molecule has 1 fully saturated rings. The minimum Gasteiger partial charge on any atom is -0.497 e. The van der Waals surface area contributed by atoms with Crippen molar-refractivity contribution in [2.75, 3.05) is 27.4 Å². The van der Waals surface area contributed by atoms with Gasteiger partial charge in [0.2, 0.25) is 0 Å². The second kappa shape index (κ2) is 7.79. The van der Waals surface area contributed by atoms with E-state index in [2.05, 4.69) is 13.8 Å². The Morgan fingerprint density at radius 1 is 1.22 bits per heavy atom. The van der Waals surface area contributed by atoms with Gasteiger partial charge in [-0.1, -0.05) is 13.8 Å². The highest BCUT2D eigenvalue weighted by Crippen LogP contribution is 2.27. The normalized spacial score (nSPS) is 17.7. The van der Waals surface area contributed by atoms with Gasteiger partial charge in [-0.05, 0) is 25.0 Å². The first-order valence-electron chi connectivity index (χ1n) is 7.93. The number of hydrogen-bond acceptors (Lipinski definition) is 5. The van der Waals surface area contributed by atoms with E-state index in [0.717, 1.165) is 12.8 Å². The van der Waals surface area contributed by atoms with Crippen molar-refractivity contribution in [2.45, 2.75) is 39.4 Å². The monoisotopic (exact) mass is 322 g/mol. The molecule has 128 valence electrons. The Labute approximate surface area is 137 Å².